The first-order chi connectivity index (χ1) is 14.9. The molecule has 7 N–H and O–H groups in total. The minimum absolute atomic E-state index is 0.0245. The maximum absolute atomic E-state index is 13.7. The van der Waals surface area contributed by atoms with Gasteiger partial charge in [-0.15, -0.1) is 0 Å². The molecule has 4 rings (SSSR count). The number of benzene rings is 1. The van der Waals surface area contributed by atoms with E-state index >= 15 is 0 Å². The maximum atomic E-state index is 13.7. The maximum Gasteiger partial charge on any atom is 0.255 e. The van der Waals surface area contributed by atoms with Crippen molar-refractivity contribution in [2.24, 2.45) is 17.6 Å². The Morgan fingerprint density at radius 2 is 1.78 bits per heavy atom. The van der Waals surface area contributed by atoms with Crippen LogP contribution in [0.2, 0.25) is 0 Å². The van der Waals surface area contributed by atoms with E-state index < -0.39 is 75.6 Å². The van der Waals surface area contributed by atoms with E-state index in [1.165, 1.54) is 25.1 Å². The number of fused-ring (bicyclic) bond motifs is 3. The van der Waals surface area contributed by atoms with Gasteiger partial charge in [-0.2, -0.15) is 0 Å². The standard InChI is InChI=1S/C22H24N2O8/c1-7-8-5-4-6-9(25)11(8)16(26)12-10(7)17(27)14-15(24(2)3)18(28)13(21(23)31)20(30)22(14,32)19(12)29/h4-7,10,14-15,17,25-27,30,32H,1-3H3,(H2,23,31)/t7-,10+,14+,15-,17-,22-/m0/s1. The number of rotatable bonds is 2. The number of likely N-dealkylation sites (N-methyl/N-ethyl adjacent to an activating group) is 1. The quantitative estimate of drug-likeness (QED) is 0.327. The number of Topliss-reactive ketones (excluding diaryl/α,β-unsaturated/α-hetero) is 2. The molecular formula is C22H24N2O8. The second kappa shape index (κ2) is 6.89. The van der Waals surface area contributed by atoms with Gasteiger partial charge in [-0.25, -0.2) is 0 Å². The molecular weight excluding hydrogens is 420 g/mol. The Kier molecular flexibility index (Phi) is 4.74. The molecule has 6 atom stereocenters. The van der Waals surface area contributed by atoms with E-state index in [-0.39, 0.29) is 11.3 Å². The number of aliphatic hydroxyl groups excluding tert-OH is 3. The number of nitrogens with two attached hydrogens (primary N) is 1. The van der Waals surface area contributed by atoms with Crippen molar-refractivity contribution in [3.05, 3.63) is 46.2 Å². The molecule has 10 nitrogen and oxygen atoms in total. The number of amides is 1. The molecule has 170 valence electrons. The lowest BCUT2D eigenvalue weighted by atomic mass is 9.54. The lowest BCUT2D eigenvalue weighted by Gasteiger charge is -2.53. The summed E-state index contributed by atoms with van der Waals surface area (Å²) >= 11 is 0. The van der Waals surface area contributed by atoms with Crippen LogP contribution in [-0.4, -0.2) is 79.7 Å². The van der Waals surface area contributed by atoms with Gasteiger partial charge >= 0.3 is 0 Å². The van der Waals surface area contributed by atoms with Crippen LogP contribution in [0.1, 0.15) is 24.0 Å². The number of phenols is 1. The van der Waals surface area contributed by atoms with E-state index in [0.717, 1.165) is 0 Å². The Balaban J connectivity index is 2.07. The van der Waals surface area contributed by atoms with Crippen molar-refractivity contribution in [1.82, 2.24) is 4.90 Å². The number of hydrogen-bond donors (Lipinski definition) is 6. The van der Waals surface area contributed by atoms with Gasteiger partial charge in [-0.1, -0.05) is 19.1 Å². The largest absolute Gasteiger partial charge is 0.508 e. The van der Waals surface area contributed by atoms with Crippen molar-refractivity contribution in [2.75, 3.05) is 14.1 Å². The second-order valence-electron chi connectivity index (χ2n) is 8.79. The summed E-state index contributed by atoms with van der Waals surface area (Å²) in [4.78, 5) is 40.0. The van der Waals surface area contributed by atoms with Gasteiger partial charge in [0.05, 0.1) is 23.6 Å². The molecule has 0 aromatic heterocycles. The first-order valence-corrected chi connectivity index (χ1v) is 10.0. The molecule has 3 aliphatic carbocycles. The zero-order valence-corrected chi connectivity index (χ0v) is 17.6. The van der Waals surface area contributed by atoms with E-state index in [4.69, 9.17) is 5.73 Å². The van der Waals surface area contributed by atoms with Gasteiger partial charge in [0.15, 0.2) is 11.4 Å². The Morgan fingerprint density at radius 1 is 1.16 bits per heavy atom. The normalized spacial score (nSPS) is 34.4. The third-order valence-electron chi connectivity index (χ3n) is 6.99. The molecule has 0 saturated heterocycles. The van der Waals surface area contributed by atoms with Crippen LogP contribution in [0.15, 0.2) is 35.1 Å². The predicted molar refractivity (Wildman–Crippen MR) is 110 cm³/mol. The van der Waals surface area contributed by atoms with Crippen LogP contribution in [0.4, 0.5) is 0 Å². The molecule has 1 aromatic carbocycles. The molecule has 1 amide bonds. The minimum Gasteiger partial charge on any atom is -0.508 e. The predicted octanol–water partition coefficient (Wildman–Crippen LogP) is -0.504. The summed E-state index contributed by atoms with van der Waals surface area (Å²) in [7, 11) is 2.92. The second-order valence-corrected chi connectivity index (χ2v) is 8.79. The van der Waals surface area contributed by atoms with E-state index in [9.17, 15) is 39.9 Å². The van der Waals surface area contributed by atoms with Gasteiger partial charge in [-0.3, -0.25) is 19.3 Å². The third kappa shape index (κ3) is 2.48. The number of hydrogen-bond acceptors (Lipinski definition) is 9. The number of primary amides is 1. The molecule has 32 heavy (non-hydrogen) atoms. The number of aromatic hydroxyl groups is 1. The molecule has 0 spiro atoms. The zero-order chi connectivity index (χ0) is 23.9. The minimum atomic E-state index is -2.89. The Morgan fingerprint density at radius 3 is 2.34 bits per heavy atom. The van der Waals surface area contributed by atoms with Crippen molar-refractivity contribution in [2.45, 2.75) is 30.6 Å². The number of carbonyl (C=O) groups is 3. The number of ketones is 2. The molecule has 0 heterocycles. The summed E-state index contributed by atoms with van der Waals surface area (Å²) in [6.07, 6.45) is -1.59. The van der Waals surface area contributed by atoms with Crippen LogP contribution >= 0.6 is 0 Å². The third-order valence-corrected chi connectivity index (χ3v) is 6.99. The smallest absolute Gasteiger partial charge is 0.255 e. The topological polar surface area (TPSA) is 182 Å². The lowest BCUT2D eigenvalue weighted by molar-refractivity contribution is -0.169. The fraction of sp³-hybridized carbons (Fsp3) is 0.409. The fourth-order valence-corrected chi connectivity index (χ4v) is 5.58. The van der Waals surface area contributed by atoms with Gasteiger partial charge in [0.1, 0.15) is 22.8 Å². The number of aliphatic hydroxyl groups is 4. The molecule has 0 bridgehead atoms. The van der Waals surface area contributed by atoms with E-state index in [1.54, 1.807) is 19.1 Å². The van der Waals surface area contributed by atoms with E-state index in [0.29, 0.717) is 5.56 Å². The van der Waals surface area contributed by atoms with Crippen LogP contribution in [-0.2, 0) is 14.4 Å². The van der Waals surface area contributed by atoms with Gasteiger partial charge < -0.3 is 31.3 Å². The van der Waals surface area contributed by atoms with Gasteiger partial charge in [0.25, 0.3) is 5.91 Å². The highest BCUT2D eigenvalue weighted by molar-refractivity contribution is 6.24. The molecule has 1 aromatic rings. The van der Waals surface area contributed by atoms with Crippen molar-refractivity contribution in [1.29, 1.82) is 0 Å². The fourth-order valence-electron chi connectivity index (χ4n) is 5.58. The van der Waals surface area contributed by atoms with Crippen molar-refractivity contribution in [3.63, 3.8) is 0 Å². The molecule has 0 aliphatic heterocycles. The van der Waals surface area contributed by atoms with Gasteiger partial charge in [0, 0.05) is 11.5 Å². The van der Waals surface area contributed by atoms with Crippen LogP contribution < -0.4 is 5.73 Å². The van der Waals surface area contributed by atoms with E-state index in [1.807, 2.05) is 0 Å². The lowest BCUT2D eigenvalue weighted by Crippen LogP contribution is -2.70. The summed E-state index contributed by atoms with van der Waals surface area (Å²) in [6.45, 7) is 1.68. The van der Waals surface area contributed by atoms with Gasteiger partial charge in [0.2, 0.25) is 5.78 Å². The highest BCUT2D eigenvalue weighted by Gasteiger charge is 2.68. The molecule has 10 heteroatoms. The number of nitrogens with zero attached hydrogens (tertiary/aromatic N) is 1. The van der Waals surface area contributed by atoms with Crippen molar-refractivity contribution < 1.29 is 39.9 Å². The first-order valence-electron chi connectivity index (χ1n) is 10.0. The van der Waals surface area contributed by atoms with Crippen LogP contribution in [0.5, 0.6) is 5.75 Å². The molecule has 0 unspecified atom stereocenters. The summed E-state index contributed by atoms with van der Waals surface area (Å²) in [5.41, 5.74) is 1.47. The van der Waals surface area contributed by atoms with E-state index in [2.05, 4.69) is 0 Å². The summed E-state index contributed by atoms with van der Waals surface area (Å²) in [6, 6.07) is 3.13. The monoisotopic (exact) mass is 444 g/mol. The number of phenolic OH excluding ortho intramolecular Hbond substituents is 1. The van der Waals surface area contributed by atoms with Gasteiger partial charge in [-0.05, 0) is 31.6 Å². The highest BCUT2D eigenvalue weighted by Crippen LogP contribution is 2.55. The SMILES string of the molecule is C[C@H]1c2cccc(O)c2C(O)=C2C(=O)[C@]3(O)C(O)=C(C(N)=O)C(=O)[C@@H](N(C)C)[C@@H]3[C@@H](O)[C@@H]21. The first kappa shape index (κ1) is 22.0. The Hall–Kier alpha value is -3.21. The number of carbonyl (C=O) groups excluding carboxylic acids is 3. The van der Waals surface area contributed by atoms with Crippen LogP contribution in [0, 0.1) is 11.8 Å². The van der Waals surface area contributed by atoms with Crippen LogP contribution in [0.25, 0.3) is 5.76 Å². The Labute approximate surface area is 182 Å². The highest BCUT2D eigenvalue weighted by atomic mass is 16.4. The summed E-state index contributed by atoms with van der Waals surface area (Å²) in [5, 5.41) is 54.9. The van der Waals surface area contributed by atoms with Crippen molar-refractivity contribution >= 4 is 23.2 Å². The Bertz CT molecular complexity index is 1140. The summed E-state index contributed by atoms with van der Waals surface area (Å²) < 4.78 is 0. The summed E-state index contributed by atoms with van der Waals surface area (Å²) in [5.74, 6) is -8.87. The van der Waals surface area contributed by atoms with Crippen LogP contribution in [0.3, 0.4) is 0 Å². The van der Waals surface area contributed by atoms with Crippen molar-refractivity contribution in [3.8, 4) is 5.75 Å². The molecule has 1 saturated carbocycles. The molecule has 0 radical (unpaired) electrons. The molecule has 1 fully saturated rings. The molecule has 3 aliphatic rings. The average molecular weight is 444 g/mol. The zero-order valence-electron chi connectivity index (χ0n) is 17.6. The average Bonchev–Trinajstić information content (AvgIpc) is 2.70.